The molecule has 3 unspecified atom stereocenters. The number of nitrogens with zero attached hydrogens (tertiary/aromatic N) is 3. The number of halogens is 4. The van der Waals surface area contributed by atoms with Crippen molar-refractivity contribution in [1.29, 1.82) is 0 Å². The van der Waals surface area contributed by atoms with E-state index in [1.165, 1.54) is 16.5 Å². The SMILES string of the molecule is CCc1ccc(NC(=O)C2CCCN(C(O)c3c(C)cccc3F)[C@H]2c2ccc(CN3CCCC3C(F)(F)F)cc2)cc1N1CCCC1. The molecule has 3 saturated heterocycles. The maximum absolute atomic E-state index is 15.2. The Balaban J connectivity index is 1.30. The van der Waals surface area contributed by atoms with Crippen molar-refractivity contribution < 1.29 is 27.5 Å². The summed E-state index contributed by atoms with van der Waals surface area (Å²) in [7, 11) is 0. The maximum Gasteiger partial charge on any atom is 0.404 e. The summed E-state index contributed by atoms with van der Waals surface area (Å²) in [6, 6.07) is 16.0. The Morgan fingerprint density at radius 1 is 0.958 bits per heavy atom. The van der Waals surface area contributed by atoms with Crippen LogP contribution in [0.5, 0.6) is 0 Å². The summed E-state index contributed by atoms with van der Waals surface area (Å²) in [5, 5.41) is 14.9. The fourth-order valence-corrected chi connectivity index (χ4v) is 8.00. The van der Waals surface area contributed by atoms with E-state index in [4.69, 9.17) is 0 Å². The van der Waals surface area contributed by atoms with E-state index >= 15 is 4.39 Å². The van der Waals surface area contributed by atoms with Crippen LogP contribution in [0, 0.1) is 18.7 Å². The Hall–Kier alpha value is -3.47. The second-order valence-corrected chi connectivity index (χ2v) is 13.6. The summed E-state index contributed by atoms with van der Waals surface area (Å²) < 4.78 is 56.0. The minimum atomic E-state index is -4.27. The molecular weight excluding hydrogens is 620 g/mol. The third-order valence-corrected chi connectivity index (χ3v) is 10.5. The molecule has 10 heteroatoms. The molecule has 3 fully saturated rings. The number of aliphatic hydroxyl groups is 1. The van der Waals surface area contributed by atoms with Crippen LogP contribution in [0.25, 0.3) is 0 Å². The van der Waals surface area contributed by atoms with Crippen LogP contribution in [0.1, 0.15) is 85.5 Å². The van der Waals surface area contributed by atoms with Gasteiger partial charge in [0.05, 0.1) is 5.92 Å². The largest absolute Gasteiger partial charge is 0.404 e. The number of carbonyl (C=O) groups is 1. The average molecular weight is 667 g/mol. The van der Waals surface area contributed by atoms with Crippen LogP contribution in [0.2, 0.25) is 0 Å². The highest BCUT2D eigenvalue weighted by Crippen LogP contribution is 2.43. The smallest absolute Gasteiger partial charge is 0.374 e. The van der Waals surface area contributed by atoms with Crippen LogP contribution in [0.15, 0.2) is 60.7 Å². The van der Waals surface area contributed by atoms with Gasteiger partial charge in [-0.3, -0.25) is 14.6 Å². The molecule has 3 aliphatic heterocycles. The van der Waals surface area contributed by atoms with Crippen LogP contribution in [0.4, 0.5) is 28.9 Å². The predicted octanol–water partition coefficient (Wildman–Crippen LogP) is 7.91. The monoisotopic (exact) mass is 666 g/mol. The first kappa shape index (κ1) is 34.4. The summed E-state index contributed by atoms with van der Waals surface area (Å²) in [6.07, 6.45) is -0.609. The number of likely N-dealkylation sites (tertiary alicyclic amines) is 2. The average Bonchev–Trinajstić information content (AvgIpc) is 3.78. The highest BCUT2D eigenvalue weighted by Gasteiger charge is 2.46. The zero-order valence-electron chi connectivity index (χ0n) is 27.8. The lowest BCUT2D eigenvalue weighted by Gasteiger charge is -2.43. The van der Waals surface area contributed by atoms with Crippen molar-refractivity contribution in [3.63, 3.8) is 0 Å². The molecule has 1 amide bonds. The number of alkyl halides is 3. The molecule has 6 nitrogen and oxygen atoms in total. The van der Waals surface area contributed by atoms with Crippen molar-refractivity contribution in [1.82, 2.24) is 9.80 Å². The second kappa shape index (κ2) is 14.6. The van der Waals surface area contributed by atoms with Crippen LogP contribution < -0.4 is 10.2 Å². The number of piperidine rings is 1. The van der Waals surface area contributed by atoms with Gasteiger partial charge in [0.25, 0.3) is 0 Å². The third-order valence-electron chi connectivity index (χ3n) is 10.5. The molecule has 3 aliphatic rings. The molecule has 3 aromatic rings. The van der Waals surface area contributed by atoms with Crippen molar-refractivity contribution >= 4 is 17.3 Å². The number of aliphatic hydroxyl groups excluding tert-OH is 1. The highest BCUT2D eigenvalue weighted by molar-refractivity contribution is 5.94. The first-order valence-corrected chi connectivity index (χ1v) is 17.3. The minimum Gasteiger partial charge on any atom is -0.374 e. The minimum absolute atomic E-state index is 0.101. The lowest BCUT2D eigenvalue weighted by atomic mass is 9.82. The molecule has 0 spiro atoms. The van der Waals surface area contributed by atoms with Gasteiger partial charge < -0.3 is 15.3 Å². The molecule has 0 radical (unpaired) electrons. The Kier molecular flexibility index (Phi) is 10.4. The predicted molar refractivity (Wildman–Crippen MR) is 180 cm³/mol. The number of benzene rings is 3. The van der Waals surface area contributed by atoms with E-state index in [0.29, 0.717) is 43.6 Å². The van der Waals surface area contributed by atoms with Gasteiger partial charge in [-0.1, -0.05) is 49.4 Å². The number of hydrogen-bond acceptors (Lipinski definition) is 5. The molecule has 0 aromatic heterocycles. The second-order valence-electron chi connectivity index (χ2n) is 13.6. The summed E-state index contributed by atoms with van der Waals surface area (Å²) in [5.74, 6) is -1.27. The molecular formula is C38H46F4N4O2. The molecule has 3 aromatic carbocycles. The summed E-state index contributed by atoms with van der Waals surface area (Å²) in [4.78, 5) is 19.8. The van der Waals surface area contributed by atoms with E-state index in [1.54, 1.807) is 24.0 Å². The van der Waals surface area contributed by atoms with Gasteiger partial charge in [0.15, 0.2) is 0 Å². The number of aryl methyl sites for hydroxylation is 2. The Morgan fingerprint density at radius 2 is 1.69 bits per heavy atom. The molecule has 0 bridgehead atoms. The first-order valence-electron chi connectivity index (χ1n) is 17.3. The number of rotatable bonds is 9. The highest BCUT2D eigenvalue weighted by atomic mass is 19.4. The Morgan fingerprint density at radius 3 is 2.38 bits per heavy atom. The molecule has 4 atom stereocenters. The van der Waals surface area contributed by atoms with Gasteiger partial charge in [-0.15, -0.1) is 0 Å². The van der Waals surface area contributed by atoms with Crippen molar-refractivity contribution in [3.8, 4) is 0 Å². The van der Waals surface area contributed by atoms with E-state index in [1.807, 2.05) is 30.3 Å². The summed E-state index contributed by atoms with van der Waals surface area (Å²) in [5.41, 5.74) is 5.36. The third kappa shape index (κ3) is 7.26. The zero-order chi connectivity index (χ0) is 34.0. The topological polar surface area (TPSA) is 59.1 Å². The van der Waals surface area contributed by atoms with Crippen LogP contribution in [0.3, 0.4) is 0 Å². The molecule has 0 aliphatic carbocycles. The number of carbonyl (C=O) groups excluding carboxylic acids is 1. The quantitative estimate of drug-likeness (QED) is 0.228. The van der Waals surface area contributed by atoms with Crippen LogP contribution in [-0.2, 0) is 17.8 Å². The van der Waals surface area contributed by atoms with Gasteiger partial charge in [-0.05, 0) is 98.9 Å². The fourth-order valence-electron chi connectivity index (χ4n) is 8.00. The van der Waals surface area contributed by atoms with E-state index in [9.17, 15) is 23.1 Å². The van der Waals surface area contributed by atoms with Crippen molar-refractivity contribution in [3.05, 3.63) is 94.3 Å². The van der Waals surface area contributed by atoms with Gasteiger partial charge >= 0.3 is 6.18 Å². The lowest BCUT2D eigenvalue weighted by Crippen LogP contribution is -2.45. The standard InChI is InChI=1S/C38H46F4N4O2/c1-3-27-17-18-29(23-32(27)44-19-4-5-20-44)43-36(47)30-10-7-22-46(37(48)34-25(2)9-6-11-31(34)39)35(30)28-15-13-26(14-16-28)24-45-21-8-12-33(45)38(40,41)42/h6,9,11,13-18,23,30,33,35,37,48H,3-5,7-8,10,12,19-22,24H2,1-2H3,(H,43,47)/t30?,33?,35-,37?/m0/s1. The van der Waals surface area contributed by atoms with Crippen molar-refractivity contribution in [2.45, 2.75) is 89.8 Å². The lowest BCUT2D eigenvalue weighted by molar-refractivity contribution is -0.177. The fraction of sp³-hybridized carbons (Fsp3) is 0.500. The molecule has 258 valence electrons. The number of hydrogen-bond donors (Lipinski definition) is 2. The number of amides is 1. The zero-order valence-corrected chi connectivity index (χ0v) is 27.8. The molecule has 6 rings (SSSR count). The van der Waals surface area contributed by atoms with Crippen molar-refractivity contribution in [2.24, 2.45) is 5.92 Å². The van der Waals surface area contributed by atoms with Crippen LogP contribution >= 0.6 is 0 Å². The molecule has 48 heavy (non-hydrogen) atoms. The van der Waals surface area contributed by atoms with Gasteiger partial charge in [-0.25, -0.2) is 4.39 Å². The normalized spacial score (nSPS) is 23.1. The van der Waals surface area contributed by atoms with E-state index in [2.05, 4.69) is 29.3 Å². The molecule has 3 heterocycles. The van der Waals surface area contributed by atoms with Gasteiger partial charge in [0.1, 0.15) is 18.1 Å². The van der Waals surface area contributed by atoms with Gasteiger partial charge in [0.2, 0.25) is 5.91 Å². The van der Waals surface area contributed by atoms with Gasteiger partial charge in [0, 0.05) is 49.2 Å². The Bertz CT molecular complexity index is 1550. The summed E-state index contributed by atoms with van der Waals surface area (Å²) in [6.45, 7) is 6.86. The van der Waals surface area contributed by atoms with E-state index < -0.39 is 36.2 Å². The molecule has 0 saturated carbocycles. The summed E-state index contributed by atoms with van der Waals surface area (Å²) >= 11 is 0. The van der Waals surface area contributed by atoms with Crippen molar-refractivity contribution in [2.75, 3.05) is 36.4 Å². The van der Waals surface area contributed by atoms with Crippen LogP contribution in [-0.4, -0.2) is 59.2 Å². The first-order chi connectivity index (χ1) is 23.0. The number of anilines is 2. The molecule has 2 N–H and O–H groups in total. The number of nitrogens with one attached hydrogen (secondary N) is 1. The maximum atomic E-state index is 15.2. The van der Waals surface area contributed by atoms with E-state index in [-0.39, 0.29) is 24.4 Å². The van der Waals surface area contributed by atoms with Gasteiger partial charge in [-0.2, -0.15) is 13.2 Å². The Labute approximate surface area is 280 Å². The van der Waals surface area contributed by atoms with E-state index in [0.717, 1.165) is 49.2 Å².